The number of hydrogen-bond acceptors (Lipinski definition) is 7. The van der Waals surface area contributed by atoms with Crippen LogP contribution in [-0.4, -0.2) is 22.8 Å². The number of carbonyl (C=O) groups excluding carboxylic acids is 2. The third-order valence-corrected chi connectivity index (χ3v) is 6.42. The number of nitrogens with zero attached hydrogens (tertiary/aromatic N) is 3. The second-order valence-corrected chi connectivity index (χ2v) is 8.48. The van der Waals surface area contributed by atoms with Gasteiger partial charge in [0.1, 0.15) is 23.5 Å². The van der Waals surface area contributed by atoms with Gasteiger partial charge in [0.05, 0.1) is 21.9 Å². The zero-order chi connectivity index (χ0) is 24.8. The van der Waals surface area contributed by atoms with E-state index in [0.717, 1.165) is 4.90 Å². The first-order valence-corrected chi connectivity index (χ1v) is 11.3. The third kappa shape index (κ3) is 3.37. The Bertz CT molecular complexity index is 1470. The predicted molar refractivity (Wildman–Crippen MR) is 130 cm³/mol. The fraction of sp³-hybridized carbons (Fsp3) is 0.111. The van der Waals surface area contributed by atoms with Crippen molar-refractivity contribution in [3.05, 3.63) is 113 Å². The molecule has 0 spiro atoms. The van der Waals surface area contributed by atoms with Crippen LogP contribution >= 0.6 is 0 Å². The van der Waals surface area contributed by atoms with E-state index in [1.165, 1.54) is 11.1 Å². The van der Waals surface area contributed by atoms with E-state index in [0.29, 0.717) is 22.7 Å². The molecule has 0 saturated carbocycles. The van der Waals surface area contributed by atoms with Gasteiger partial charge in [-0.2, -0.15) is 0 Å². The lowest BCUT2D eigenvalue weighted by Crippen LogP contribution is -2.37. The number of hydroxylamine groups is 1. The molecule has 3 atom stereocenters. The molecule has 6 rings (SSSR count). The maximum absolute atomic E-state index is 13.6. The molecule has 2 aliphatic rings. The van der Waals surface area contributed by atoms with E-state index in [9.17, 15) is 19.7 Å². The van der Waals surface area contributed by atoms with E-state index in [-0.39, 0.29) is 11.4 Å². The van der Waals surface area contributed by atoms with Crippen molar-refractivity contribution in [3.8, 4) is 11.3 Å². The molecule has 178 valence electrons. The number of imide groups is 1. The van der Waals surface area contributed by atoms with E-state index in [1.807, 2.05) is 30.3 Å². The summed E-state index contributed by atoms with van der Waals surface area (Å²) in [6.07, 6.45) is -1.04. The summed E-state index contributed by atoms with van der Waals surface area (Å²) in [4.78, 5) is 45.3. The Morgan fingerprint density at radius 1 is 0.750 bits per heavy atom. The number of fused-ring (bicyclic) bond motifs is 1. The predicted octanol–water partition coefficient (Wildman–Crippen LogP) is 4.91. The van der Waals surface area contributed by atoms with E-state index in [2.05, 4.69) is 0 Å². The molecule has 4 aromatic rings. The van der Waals surface area contributed by atoms with Gasteiger partial charge in [-0.05, 0) is 42.5 Å². The molecule has 2 aliphatic heterocycles. The normalized spacial score (nSPS) is 21.2. The van der Waals surface area contributed by atoms with Gasteiger partial charge in [0.25, 0.3) is 11.6 Å². The first-order valence-electron chi connectivity index (χ1n) is 11.3. The van der Waals surface area contributed by atoms with Crippen LogP contribution in [0.5, 0.6) is 0 Å². The van der Waals surface area contributed by atoms with Crippen LogP contribution in [0, 0.1) is 16.0 Å². The molecule has 2 saturated heterocycles. The molecule has 0 aliphatic carbocycles. The molecule has 2 amide bonds. The molecule has 0 unspecified atom stereocenters. The maximum Gasteiger partial charge on any atom is 0.280 e. The van der Waals surface area contributed by atoms with E-state index >= 15 is 0 Å². The molecular weight excluding hydrogens is 462 g/mol. The molecule has 2 fully saturated rings. The number of amides is 2. The molecule has 36 heavy (non-hydrogen) atoms. The van der Waals surface area contributed by atoms with Gasteiger partial charge in [0.2, 0.25) is 5.91 Å². The number of benzene rings is 3. The summed E-state index contributed by atoms with van der Waals surface area (Å²) in [6, 6.07) is 26.6. The second kappa shape index (κ2) is 8.47. The number of carbonyl (C=O) groups is 2. The van der Waals surface area contributed by atoms with Gasteiger partial charge in [0.15, 0.2) is 6.10 Å². The Morgan fingerprint density at radius 2 is 1.39 bits per heavy atom. The summed E-state index contributed by atoms with van der Waals surface area (Å²) in [5.74, 6) is -1.09. The molecule has 0 radical (unpaired) electrons. The topological polar surface area (TPSA) is 106 Å². The highest BCUT2D eigenvalue weighted by molar-refractivity contribution is 6.23. The largest absolute Gasteiger partial charge is 0.458 e. The molecule has 1 aromatic heterocycles. The Hall–Kier alpha value is -4.76. The van der Waals surface area contributed by atoms with Crippen molar-refractivity contribution in [1.29, 1.82) is 0 Å². The SMILES string of the molecule is O=C1[C@H]2[C@H](ON(c3ccccc3)[C@@H]2c2ccc(-c3ccccc3[N+](=O)[O-])o2)C(=O)N1c1ccccc1. The van der Waals surface area contributed by atoms with Gasteiger partial charge in [-0.25, -0.2) is 9.96 Å². The molecule has 3 aromatic carbocycles. The Kier molecular flexibility index (Phi) is 5.12. The fourth-order valence-electron chi connectivity index (χ4n) is 4.83. The molecule has 9 heteroatoms. The number of hydrogen-bond donors (Lipinski definition) is 0. The highest BCUT2D eigenvalue weighted by atomic mass is 16.7. The van der Waals surface area contributed by atoms with Crippen LogP contribution in [-0.2, 0) is 14.4 Å². The monoisotopic (exact) mass is 481 g/mol. The number of anilines is 2. The van der Waals surface area contributed by atoms with Crippen molar-refractivity contribution < 1.29 is 23.8 Å². The Balaban J connectivity index is 1.44. The lowest BCUT2D eigenvalue weighted by atomic mass is 9.94. The van der Waals surface area contributed by atoms with E-state index < -0.39 is 34.8 Å². The number of furan rings is 1. The molecule has 0 bridgehead atoms. The van der Waals surface area contributed by atoms with Gasteiger partial charge in [0, 0.05) is 6.07 Å². The molecular formula is C27H19N3O6. The Labute approximate surface area is 205 Å². The third-order valence-electron chi connectivity index (χ3n) is 6.42. The van der Waals surface area contributed by atoms with Crippen LogP contribution in [0.3, 0.4) is 0 Å². The standard InChI is InChI=1S/C27H19N3O6/c31-26-23-24(22-16-15-21(35-22)19-13-7-8-14-20(19)30(33)34)29(18-11-5-2-6-12-18)36-25(23)27(32)28(26)17-9-3-1-4-10-17/h1-16,23-25H/t23-,24-,25+/m1/s1. The summed E-state index contributed by atoms with van der Waals surface area (Å²) < 4.78 is 6.12. The zero-order valence-electron chi connectivity index (χ0n) is 18.8. The quantitative estimate of drug-likeness (QED) is 0.227. The minimum Gasteiger partial charge on any atom is -0.458 e. The summed E-state index contributed by atoms with van der Waals surface area (Å²) in [6.45, 7) is 0. The highest BCUT2D eigenvalue weighted by Crippen LogP contribution is 2.48. The Morgan fingerprint density at radius 3 is 2.08 bits per heavy atom. The van der Waals surface area contributed by atoms with Gasteiger partial charge in [-0.3, -0.25) is 24.5 Å². The lowest BCUT2D eigenvalue weighted by Gasteiger charge is -2.27. The zero-order valence-corrected chi connectivity index (χ0v) is 18.8. The van der Waals surface area contributed by atoms with E-state index in [4.69, 9.17) is 9.25 Å². The van der Waals surface area contributed by atoms with Crippen molar-refractivity contribution in [2.45, 2.75) is 12.1 Å². The average Bonchev–Trinajstić information content (AvgIpc) is 3.60. The van der Waals surface area contributed by atoms with Crippen LogP contribution in [0.4, 0.5) is 17.1 Å². The van der Waals surface area contributed by atoms with Crippen molar-refractivity contribution in [3.63, 3.8) is 0 Å². The molecule has 0 N–H and O–H groups in total. The minimum absolute atomic E-state index is 0.0961. The van der Waals surface area contributed by atoms with Gasteiger partial charge < -0.3 is 4.42 Å². The minimum atomic E-state index is -1.04. The number of nitro groups is 1. The van der Waals surface area contributed by atoms with Gasteiger partial charge in [-0.1, -0.05) is 48.5 Å². The van der Waals surface area contributed by atoms with Crippen molar-refractivity contribution in [2.75, 3.05) is 9.96 Å². The van der Waals surface area contributed by atoms with Crippen molar-refractivity contribution in [1.82, 2.24) is 0 Å². The highest BCUT2D eigenvalue weighted by Gasteiger charge is 2.61. The average molecular weight is 481 g/mol. The van der Waals surface area contributed by atoms with Gasteiger partial charge in [-0.15, -0.1) is 0 Å². The van der Waals surface area contributed by atoms with Crippen LogP contribution < -0.4 is 9.96 Å². The summed E-state index contributed by atoms with van der Waals surface area (Å²) in [7, 11) is 0. The fourth-order valence-corrected chi connectivity index (χ4v) is 4.83. The first-order chi connectivity index (χ1) is 17.5. The number of rotatable bonds is 5. The van der Waals surface area contributed by atoms with Crippen LogP contribution in [0.15, 0.2) is 101 Å². The maximum atomic E-state index is 13.6. The van der Waals surface area contributed by atoms with Crippen molar-refractivity contribution in [2.24, 2.45) is 5.92 Å². The number of para-hydroxylation sites is 3. The second-order valence-electron chi connectivity index (χ2n) is 8.48. The first kappa shape index (κ1) is 21.8. The lowest BCUT2D eigenvalue weighted by molar-refractivity contribution is -0.384. The van der Waals surface area contributed by atoms with Crippen LogP contribution in [0.1, 0.15) is 11.8 Å². The summed E-state index contributed by atoms with van der Waals surface area (Å²) >= 11 is 0. The summed E-state index contributed by atoms with van der Waals surface area (Å²) in [5.41, 5.74) is 1.33. The molecule has 9 nitrogen and oxygen atoms in total. The van der Waals surface area contributed by atoms with Gasteiger partial charge >= 0.3 is 0 Å². The van der Waals surface area contributed by atoms with Crippen LogP contribution in [0.2, 0.25) is 0 Å². The molecule has 3 heterocycles. The summed E-state index contributed by atoms with van der Waals surface area (Å²) in [5, 5.41) is 13.1. The van der Waals surface area contributed by atoms with Crippen LogP contribution in [0.25, 0.3) is 11.3 Å². The van der Waals surface area contributed by atoms with Crippen molar-refractivity contribution >= 4 is 28.9 Å². The number of nitro benzene ring substituents is 1. The smallest absolute Gasteiger partial charge is 0.280 e. The van der Waals surface area contributed by atoms with E-state index in [1.54, 1.807) is 60.7 Å².